The molecule has 160 valence electrons. The molecule has 9 heteroatoms. The highest BCUT2D eigenvalue weighted by Gasteiger charge is 2.20. The van der Waals surface area contributed by atoms with E-state index >= 15 is 0 Å². The lowest BCUT2D eigenvalue weighted by Crippen LogP contribution is -2.01. The molecule has 5 aromatic rings. The number of aryl methyl sites for hydroxylation is 1. The van der Waals surface area contributed by atoms with Crippen molar-refractivity contribution in [3.05, 3.63) is 77.4 Å². The standard InChI is InChI=1S/C23H19N5O2S2/c1-15-9-11-16(12-10-15)28-21(17-6-3-4-7-18(17)29-2)25-26-23(28)32-14-20-24-22(30-27-20)19-8-5-13-31-19/h3-13H,14H2,1-2H3. The Balaban J connectivity index is 1.49. The number of thiophene rings is 1. The van der Waals surface area contributed by atoms with E-state index in [0.717, 1.165) is 27.0 Å². The third-order valence-corrected chi connectivity index (χ3v) is 6.59. The molecule has 0 bridgehead atoms. The van der Waals surface area contributed by atoms with Crippen molar-refractivity contribution in [2.45, 2.75) is 17.8 Å². The number of thioether (sulfide) groups is 1. The van der Waals surface area contributed by atoms with Gasteiger partial charge in [-0.1, -0.05) is 52.8 Å². The van der Waals surface area contributed by atoms with E-state index in [-0.39, 0.29) is 0 Å². The van der Waals surface area contributed by atoms with Gasteiger partial charge in [0.2, 0.25) is 0 Å². The number of ether oxygens (including phenoxy) is 1. The molecule has 2 aromatic carbocycles. The highest BCUT2D eigenvalue weighted by atomic mass is 32.2. The number of rotatable bonds is 7. The molecular weight excluding hydrogens is 442 g/mol. The Labute approximate surface area is 193 Å². The van der Waals surface area contributed by atoms with E-state index in [9.17, 15) is 0 Å². The minimum absolute atomic E-state index is 0.505. The summed E-state index contributed by atoms with van der Waals surface area (Å²) in [6.45, 7) is 2.06. The van der Waals surface area contributed by atoms with Crippen LogP contribution in [-0.4, -0.2) is 32.0 Å². The average molecular weight is 462 g/mol. The molecule has 0 unspecified atom stereocenters. The van der Waals surface area contributed by atoms with Crippen LogP contribution in [0.1, 0.15) is 11.4 Å². The molecule has 0 amide bonds. The molecule has 3 heterocycles. The van der Waals surface area contributed by atoms with Crippen LogP contribution in [0.2, 0.25) is 0 Å². The topological polar surface area (TPSA) is 78.9 Å². The molecule has 0 aliphatic carbocycles. The highest BCUT2D eigenvalue weighted by molar-refractivity contribution is 7.98. The van der Waals surface area contributed by atoms with Crippen molar-refractivity contribution in [2.24, 2.45) is 0 Å². The van der Waals surface area contributed by atoms with Crippen LogP contribution < -0.4 is 4.74 Å². The third-order valence-electron chi connectivity index (χ3n) is 4.80. The number of methoxy groups -OCH3 is 1. The summed E-state index contributed by atoms with van der Waals surface area (Å²) in [5.41, 5.74) is 3.02. The van der Waals surface area contributed by atoms with Gasteiger partial charge in [0.1, 0.15) is 5.75 Å². The van der Waals surface area contributed by atoms with Crippen molar-refractivity contribution in [3.8, 4) is 33.6 Å². The second kappa shape index (κ2) is 8.97. The van der Waals surface area contributed by atoms with Crippen LogP contribution in [0.4, 0.5) is 0 Å². The van der Waals surface area contributed by atoms with E-state index in [1.54, 1.807) is 18.4 Å². The molecule has 7 nitrogen and oxygen atoms in total. The van der Waals surface area contributed by atoms with Gasteiger partial charge >= 0.3 is 0 Å². The summed E-state index contributed by atoms with van der Waals surface area (Å²) in [6, 6.07) is 20.0. The first-order chi connectivity index (χ1) is 15.7. The molecule has 0 aliphatic rings. The van der Waals surface area contributed by atoms with Crippen LogP contribution >= 0.6 is 23.1 Å². The van der Waals surface area contributed by atoms with Gasteiger partial charge in [-0.2, -0.15) is 4.98 Å². The minimum Gasteiger partial charge on any atom is -0.496 e. The van der Waals surface area contributed by atoms with E-state index in [2.05, 4.69) is 51.5 Å². The monoisotopic (exact) mass is 461 g/mol. The van der Waals surface area contributed by atoms with Gasteiger partial charge in [-0.3, -0.25) is 4.57 Å². The molecule has 0 N–H and O–H groups in total. The van der Waals surface area contributed by atoms with Gasteiger partial charge in [-0.25, -0.2) is 0 Å². The Kier molecular flexibility index (Phi) is 5.74. The summed E-state index contributed by atoms with van der Waals surface area (Å²) >= 11 is 3.07. The van der Waals surface area contributed by atoms with Crippen LogP contribution in [0.15, 0.2) is 75.7 Å². The Morgan fingerprint density at radius 1 is 1.03 bits per heavy atom. The van der Waals surface area contributed by atoms with E-state index < -0.39 is 0 Å². The predicted octanol–water partition coefficient (Wildman–Crippen LogP) is 5.66. The number of benzene rings is 2. The molecule has 5 rings (SSSR count). The lowest BCUT2D eigenvalue weighted by Gasteiger charge is -2.12. The van der Waals surface area contributed by atoms with E-state index in [1.165, 1.54) is 17.3 Å². The van der Waals surface area contributed by atoms with Gasteiger partial charge in [-0.05, 0) is 42.6 Å². The number of hydrogen-bond acceptors (Lipinski definition) is 8. The number of para-hydroxylation sites is 1. The zero-order chi connectivity index (χ0) is 21.9. The lowest BCUT2D eigenvalue weighted by molar-refractivity contribution is 0.416. The summed E-state index contributed by atoms with van der Waals surface area (Å²) in [6.07, 6.45) is 0. The highest BCUT2D eigenvalue weighted by Crippen LogP contribution is 2.34. The van der Waals surface area contributed by atoms with Crippen LogP contribution in [0.5, 0.6) is 5.75 Å². The Hall–Kier alpha value is -3.43. The zero-order valence-electron chi connectivity index (χ0n) is 17.4. The van der Waals surface area contributed by atoms with Gasteiger partial charge in [0, 0.05) is 5.69 Å². The molecule has 0 fully saturated rings. The first kappa shape index (κ1) is 20.5. The van der Waals surface area contributed by atoms with Gasteiger partial charge in [-0.15, -0.1) is 21.5 Å². The van der Waals surface area contributed by atoms with Crippen molar-refractivity contribution < 1.29 is 9.26 Å². The Morgan fingerprint density at radius 3 is 2.66 bits per heavy atom. The molecule has 0 spiro atoms. The molecule has 0 atom stereocenters. The van der Waals surface area contributed by atoms with Crippen molar-refractivity contribution in [1.82, 2.24) is 24.9 Å². The van der Waals surface area contributed by atoms with E-state index in [0.29, 0.717) is 23.3 Å². The van der Waals surface area contributed by atoms with Crippen molar-refractivity contribution >= 4 is 23.1 Å². The van der Waals surface area contributed by atoms with Crippen LogP contribution in [0, 0.1) is 6.92 Å². The molecule has 0 saturated heterocycles. The SMILES string of the molecule is COc1ccccc1-c1nnc(SCc2noc(-c3cccs3)n2)n1-c1ccc(C)cc1. The fourth-order valence-electron chi connectivity index (χ4n) is 3.24. The minimum atomic E-state index is 0.505. The predicted molar refractivity (Wildman–Crippen MR) is 125 cm³/mol. The molecule has 0 radical (unpaired) electrons. The van der Waals surface area contributed by atoms with Crippen molar-refractivity contribution in [1.29, 1.82) is 0 Å². The third kappa shape index (κ3) is 4.04. The largest absolute Gasteiger partial charge is 0.496 e. The van der Waals surface area contributed by atoms with Crippen LogP contribution in [-0.2, 0) is 5.75 Å². The average Bonchev–Trinajstić information content (AvgIpc) is 3.59. The van der Waals surface area contributed by atoms with Gasteiger partial charge in [0.25, 0.3) is 5.89 Å². The number of nitrogens with zero attached hydrogens (tertiary/aromatic N) is 5. The molecule has 0 saturated carbocycles. The maximum atomic E-state index is 5.57. The maximum absolute atomic E-state index is 5.57. The molecule has 0 aliphatic heterocycles. The number of aromatic nitrogens is 5. The van der Waals surface area contributed by atoms with Gasteiger partial charge < -0.3 is 9.26 Å². The zero-order valence-corrected chi connectivity index (χ0v) is 19.1. The summed E-state index contributed by atoms with van der Waals surface area (Å²) in [5.74, 6) is 3.09. The van der Waals surface area contributed by atoms with Crippen molar-refractivity contribution in [2.75, 3.05) is 7.11 Å². The fraction of sp³-hybridized carbons (Fsp3) is 0.130. The fourth-order valence-corrected chi connectivity index (χ4v) is 4.68. The lowest BCUT2D eigenvalue weighted by atomic mass is 10.1. The van der Waals surface area contributed by atoms with Gasteiger partial charge in [0.15, 0.2) is 16.8 Å². The molecular formula is C23H19N5O2S2. The van der Waals surface area contributed by atoms with Crippen LogP contribution in [0.25, 0.3) is 27.8 Å². The second-order valence-corrected chi connectivity index (χ2v) is 8.85. The quantitative estimate of drug-likeness (QED) is 0.290. The van der Waals surface area contributed by atoms with Crippen LogP contribution in [0.3, 0.4) is 0 Å². The maximum Gasteiger partial charge on any atom is 0.268 e. The summed E-state index contributed by atoms with van der Waals surface area (Å²) in [7, 11) is 1.66. The summed E-state index contributed by atoms with van der Waals surface area (Å²) < 4.78 is 13.0. The first-order valence-electron chi connectivity index (χ1n) is 9.88. The van der Waals surface area contributed by atoms with E-state index in [1.807, 2.05) is 46.3 Å². The molecule has 32 heavy (non-hydrogen) atoms. The Morgan fingerprint density at radius 2 is 1.88 bits per heavy atom. The summed E-state index contributed by atoms with van der Waals surface area (Å²) in [5, 5.41) is 15.8. The smallest absolute Gasteiger partial charge is 0.268 e. The normalized spacial score (nSPS) is 11.1. The second-order valence-electron chi connectivity index (χ2n) is 6.96. The number of hydrogen-bond donors (Lipinski definition) is 0. The Bertz CT molecular complexity index is 1330. The van der Waals surface area contributed by atoms with E-state index in [4.69, 9.17) is 9.26 Å². The van der Waals surface area contributed by atoms with Gasteiger partial charge in [0.05, 0.1) is 23.3 Å². The first-order valence-corrected chi connectivity index (χ1v) is 11.7. The van der Waals surface area contributed by atoms with Crippen molar-refractivity contribution in [3.63, 3.8) is 0 Å². The molecule has 3 aromatic heterocycles. The summed E-state index contributed by atoms with van der Waals surface area (Å²) in [4.78, 5) is 5.46.